The molecule has 1 N–H and O–H groups in total. The van der Waals surface area contributed by atoms with Gasteiger partial charge < -0.3 is 4.74 Å². The molecule has 0 unspecified atom stereocenters. The van der Waals surface area contributed by atoms with E-state index < -0.39 is 16.0 Å². The summed E-state index contributed by atoms with van der Waals surface area (Å²) in [5.74, 6) is -0.636. The number of sulfonamides is 1. The zero-order valence-electron chi connectivity index (χ0n) is 14.9. The number of carbonyl (C=O) groups excluding carboxylic acids is 1. The minimum atomic E-state index is -3.76. The molecule has 1 saturated heterocycles. The number of ether oxygens (including phenoxy) is 1. The van der Waals surface area contributed by atoms with Crippen LogP contribution in [0.1, 0.15) is 28.1 Å². The van der Waals surface area contributed by atoms with Crippen molar-refractivity contribution in [3.8, 4) is 0 Å². The fourth-order valence-corrected chi connectivity index (χ4v) is 5.86. The molecule has 3 rings (SSSR count). The van der Waals surface area contributed by atoms with E-state index in [1.807, 2.05) is 24.3 Å². The highest BCUT2D eigenvalue weighted by molar-refractivity contribution is 7.89. The molecule has 1 aliphatic heterocycles. The van der Waals surface area contributed by atoms with Gasteiger partial charge >= 0.3 is 5.97 Å². The molecule has 0 amide bonds. The van der Waals surface area contributed by atoms with Gasteiger partial charge in [-0.05, 0) is 42.0 Å². The van der Waals surface area contributed by atoms with Crippen LogP contribution in [0.4, 0.5) is 0 Å². The molecule has 1 fully saturated rings. The molecule has 2 heterocycles. The second-order valence-electron chi connectivity index (χ2n) is 6.40. The Hall–Kier alpha value is -1.45. The number of methoxy groups -OCH3 is 1. The number of halogens is 1. The van der Waals surface area contributed by atoms with Gasteiger partial charge in [0.15, 0.2) is 0 Å². The number of piperidine rings is 1. The van der Waals surface area contributed by atoms with E-state index in [4.69, 9.17) is 11.6 Å². The summed E-state index contributed by atoms with van der Waals surface area (Å²) in [6, 6.07) is 9.04. The molecule has 6 nitrogen and oxygen atoms in total. The maximum Gasteiger partial charge on any atom is 0.349 e. The summed E-state index contributed by atoms with van der Waals surface area (Å²) in [5, 5.41) is 2.29. The largest absolute Gasteiger partial charge is 0.465 e. The van der Waals surface area contributed by atoms with Crippen LogP contribution in [-0.4, -0.2) is 45.5 Å². The highest BCUT2D eigenvalue weighted by Crippen LogP contribution is 2.24. The second-order valence-corrected chi connectivity index (χ2v) is 9.44. The van der Waals surface area contributed by atoms with Crippen molar-refractivity contribution in [2.75, 3.05) is 20.2 Å². The quantitative estimate of drug-likeness (QED) is 0.715. The maximum absolute atomic E-state index is 12.7. The SMILES string of the molecule is COC(=O)c1sccc1S(=O)(=O)NC1CCN(Cc2ccc(Cl)cc2)CC1. The van der Waals surface area contributed by atoms with Crippen molar-refractivity contribution < 1.29 is 17.9 Å². The fourth-order valence-electron chi connectivity index (χ4n) is 3.09. The summed E-state index contributed by atoms with van der Waals surface area (Å²) in [5.41, 5.74) is 1.18. The summed E-state index contributed by atoms with van der Waals surface area (Å²) >= 11 is 6.97. The monoisotopic (exact) mass is 428 g/mol. The third-order valence-electron chi connectivity index (χ3n) is 4.52. The average Bonchev–Trinajstić information content (AvgIpc) is 3.15. The first kappa shape index (κ1) is 20.3. The van der Waals surface area contributed by atoms with Crippen LogP contribution < -0.4 is 4.72 Å². The van der Waals surface area contributed by atoms with E-state index in [1.54, 1.807) is 5.38 Å². The molecule has 2 aromatic rings. The molecule has 9 heteroatoms. The first-order valence-corrected chi connectivity index (χ1v) is 11.3. The summed E-state index contributed by atoms with van der Waals surface area (Å²) in [7, 11) is -2.52. The number of nitrogens with zero attached hydrogens (tertiary/aromatic N) is 1. The molecule has 0 radical (unpaired) electrons. The number of benzene rings is 1. The Morgan fingerprint density at radius 2 is 1.93 bits per heavy atom. The fraction of sp³-hybridized carbons (Fsp3) is 0.389. The number of likely N-dealkylation sites (tertiary alicyclic amines) is 1. The van der Waals surface area contributed by atoms with Crippen molar-refractivity contribution in [1.82, 2.24) is 9.62 Å². The van der Waals surface area contributed by atoms with Crippen LogP contribution in [-0.2, 0) is 21.3 Å². The predicted molar refractivity (Wildman–Crippen MR) is 106 cm³/mol. The Bertz CT molecular complexity index is 888. The van der Waals surface area contributed by atoms with Crippen LogP contribution in [0.3, 0.4) is 0 Å². The van der Waals surface area contributed by atoms with Gasteiger partial charge in [0.25, 0.3) is 0 Å². The van der Waals surface area contributed by atoms with E-state index in [1.165, 1.54) is 18.7 Å². The number of thiophene rings is 1. The molecule has 1 aromatic heterocycles. The molecular formula is C18H21ClN2O4S2. The first-order valence-electron chi connectivity index (χ1n) is 8.54. The van der Waals surface area contributed by atoms with Gasteiger partial charge in [-0.2, -0.15) is 0 Å². The van der Waals surface area contributed by atoms with Crippen molar-refractivity contribution in [3.63, 3.8) is 0 Å². The molecule has 0 spiro atoms. The van der Waals surface area contributed by atoms with Crippen LogP contribution in [0, 0.1) is 0 Å². The van der Waals surface area contributed by atoms with Crippen molar-refractivity contribution >= 4 is 38.9 Å². The Labute approximate surface area is 168 Å². The Kier molecular flexibility index (Phi) is 6.54. The van der Waals surface area contributed by atoms with Gasteiger partial charge in [0.1, 0.15) is 9.77 Å². The van der Waals surface area contributed by atoms with E-state index in [0.29, 0.717) is 17.9 Å². The Morgan fingerprint density at radius 3 is 2.56 bits per heavy atom. The van der Waals surface area contributed by atoms with Crippen LogP contribution in [0.15, 0.2) is 40.6 Å². The minimum absolute atomic E-state index is 0.0112. The number of hydrogen-bond acceptors (Lipinski definition) is 6. The molecule has 0 saturated carbocycles. The van der Waals surface area contributed by atoms with Gasteiger partial charge in [-0.1, -0.05) is 23.7 Å². The number of carbonyl (C=O) groups is 1. The molecule has 1 aliphatic rings. The van der Waals surface area contributed by atoms with Gasteiger partial charge in [-0.3, -0.25) is 4.90 Å². The third kappa shape index (κ3) is 5.08. The average molecular weight is 429 g/mol. The molecule has 27 heavy (non-hydrogen) atoms. The van der Waals surface area contributed by atoms with E-state index in [0.717, 1.165) is 31.0 Å². The van der Waals surface area contributed by atoms with Crippen molar-refractivity contribution in [3.05, 3.63) is 51.2 Å². The topological polar surface area (TPSA) is 75.7 Å². The lowest BCUT2D eigenvalue weighted by Crippen LogP contribution is -2.44. The van der Waals surface area contributed by atoms with Gasteiger partial charge in [0, 0.05) is 30.7 Å². The smallest absolute Gasteiger partial charge is 0.349 e. The van der Waals surface area contributed by atoms with Crippen LogP contribution in [0.5, 0.6) is 0 Å². The van der Waals surface area contributed by atoms with Gasteiger partial charge in [-0.15, -0.1) is 11.3 Å². The Morgan fingerprint density at radius 1 is 1.26 bits per heavy atom. The van der Waals surface area contributed by atoms with E-state index in [-0.39, 0.29) is 15.8 Å². The molecule has 146 valence electrons. The highest BCUT2D eigenvalue weighted by Gasteiger charge is 2.29. The third-order valence-corrected chi connectivity index (χ3v) is 7.36. The molecule has 0 atom stereocenters. The summed E-state index contributed by atoms with van der Waals surface area (Å²) in [4.78, 5) is 14.1. The van der Waals surface area contributed by atoms with Crippen molar-refractivity contribution in [2.24, 2.45) is 0 Å². The number of rotatable bonds is 6. The zero-order chi connectivity index (χ0) is 19.4. The van der Waals surface area contributed by atoms with Crippen molar-refractivity contribution in [1.29, 1.82) is 0 Å². The molecule has 0 bridgehead atoms. The van der Waals surface area contributed by atoms with Crippen LogP contribution >= 0.6 is 22.9 Å². The van der Waals surface area contributed by atoms with E-state index in [9.17, 15) is 13.2 Å². The lowest BCUT2D eigenvalue weighted by molar-refractivity contribution is 0.0602. The highest BCUT2D eigenvalue weighted by atomic mass is 35.5. The molecule has 0 aliphatic carbocycles. The summed E-state index contributed by atoms with van der Waals surface area (Å²) in [6.07, 6.45) is 1.43. The second kappa shape index (κ2) is 8.70. The van der Waals surface area contributed by atoms with Crippen LogP contribution in [0.25, 0.3) is 0 Å². The first-order chi connectivity index (χ1) is 12.9. The predicted octanol–water partition coefficient (Wildman–Crippen LogP) is 3.13. The van der Waals surface area contributed by atoms with Gasteiger partial charge in [0.05, 0.1) is 7.11 Å². The van der Waals surface area contributed by atoms with E-state index in [2.05, 4.69) is 14.4 Å². The standard InChI is InChI=1S/C18H21ClN2O4S2/c1-25-18(22)17-16(8-11-26-17)27(23,24)20-15-6-9-21(10-7-15)12-13-2-4-14(19)5-3-13/h2-5,8,11,15,20H,6-7,9-10,12H2,1H3. The van der Waals surface area contributed by atoms with Gasteiger partial charge in [-0.25, -0.2) is 17.9 Å². The zero-order valence-corrected chi connectivity index (χ0v) is 17.2. The van der Waals surface area contributed by atoms with Gasteiger partial charge in [0.2, 0.25) is 10.0 Å². The lowest BCUT2D eigenvalue weighted by Gasteiger charge is -2.32. The van der Waals surface area contributed by atoms with Crippen molar-refractivity contribution in [2.45, 2.75) is 30.3 Å². The van der Waals surface area contributed by atoms with Crippen LogP contribution in [0.2, 0.25) is 5.02 Å². The summed E-state index contributed by atoms with van der Waals surface area (Å²) < 4.78 is 32.7. The minimum Gasteiger partial charge on any atom is -0.465 e. The number of nitrogens with one attached hydrogen (secondary N) is 1. The Balaban J connectivity index is 1.58. The number of hydrogen-bond donors (Lipinski definition) is 1. The molecular weight excluding hydrogens is 408 g/mol. The lowest BCUT2D eigenvalue weighted by atomic mass is 10.1. The summed E-state index contributed by atoms with van der Waals surface area (Å²) in [6.45, 7) is 2.40. The molecule has 1 aromatic carbocycles. The maximum atomic E-state index is 12.7. The number of esters is 1. The van der Waals surface area contributed by atoms with E-state index >= 15 is 0 Å². The normalized spacial score (nSPS) is 16.4.